The highest BCUT2D eigenvalue weighted by molar-refractivity contribution is 5.40. The molecule has 0 saturated carbocycles. The zero-order valence-corrected chi connectivity index (χ0v) is 12.4. The highest BCUT2D eigenvalue weighted by Gasteiger charge is 2.33. The van der Waals surface area contributed by atoms with E-state index in [9.17, 15) is 0 Å². The highest BCUT2D eigenvalue weighted by atomic mass is 16.5. The molecule has 1 fully saturated rings. The Morgan fingerprint density at radius 3 is 2.63 bits per heavy atom. The number of hydrogen-bond acceptors (Lipinski definition) is 2. The van der Waals surface area contributed by atoms with Crippen LogP contribution in [0.3, 0.4) is 0 Å². The molecule has 1 atom stereocenters. The van der Waals surface area contributed by atoms with Crippen molar-refractivity contribution >= 4 is 0 Å². The Morgan fingerprint density at radius 1 is 1.21 bits per heavy atom. The Kier molecular flexibility index (Phi) is 3.27. The van der Waals surface area contributed by atoms with Crippen LogP contribution < -0.4 is 4.74 Å². The van der Waals surface area contributed by atoms with Crippen molar-refractivity contribution in [2.45, 2.75) is 18.9 Å². The van der Waals surface area contributed by atoms with Crippen molar-refractivity contribution in [3.8, 4) is 5.75 Å². The Hall–Kier alpha value is -1.06. The molecule has 3 rings (SSSR count). The lowest BCUT2D eigenvalue weighted by Crippen LogP contribution is -2.55. The second kappa shape index (κ2) is 4.80. The average molecular weight is 261 g/mol. The van der Waals surface area contributed by atoms with Crippen LogP contribution in [0.25, 0.3) is 0 Å². The molecule has 1 heterocycles. The molecule has 1 unspecified atom stereocenters. The Bertz CT molecular complexity index is 460. The second-order valence-electron chi connectivity index (χ2n) is 6.54. The quantitative estimate of drug-likeness (QED) is 0.756. The molecular formula is C16H25N2O+. The topological polar surface area (TPSA) is 12.5 Å². The van der Waals surface area contributed by atoms with E-state index in [1.807, 2.05) is 0 Å². The maximum atomic E-state index is 5.39. The van der Waals surface area contributed by atoms with E-state index < -0.39 is 0 Å². The first-order valence-electron chi connectivity index (χ1n) is 7.32. The first-order valence-corrected chi connectivity index (χ1v) is 7.32. The second-order valence-corrected chi connectivity index (χ2v) is 6.54. The van der Waals surface area contributed by atoms with Gasteiger partial charge in [-0.05, 0) is 36.1 Å². The van der Waals surface area contributed by atoms with Crippen LogP contribution in [0.2, 0.25) is 0 Å². The number of nitrogens with zero attached hydrogens (tertiary/aromatic N) is 2. The lowest BCUT2D eigenvalue weighted by atomic mass is 10.1. The monoisotopic (exact) mass is 261 g/mol. The van der Waals surface area contributed by atoms with E-state index in [4.69, 9.17) is 4.74 Å². The first kappa shape index (κ1) is 12.9. The van der Waals surface area contributed by atoms with E-state index >= 15 is 0 Å². The molecule has 0 amide bonds. The molecule has 3 nitrogen and oxygen atoms in total. The third-order valence-corrected chi connectivity index (χ3v) is 4.83. The summed E-state index contributed by atoms with van der Waals surface area (Å²) >= 11 is 0. The van der Waals surface area contributed by atoms with Crippen molar-refractivity contribution in [1.29, 1.82) is 0 Å². The number of ether oxygens (including phenoxy) is 1. The summed E-state index contributed by atoms with van der Waals surface area (Å²) in [6, 6.07) is 7.21. The highest BCUT2D eigenvalue weighted by Crippen LogP contribution is 2.38. The summed E-state index contributed by atoms with van der Waals surface area (Å²) in [6.45, 7) is 4.95. The van der Waals surface area contributed by atoms with Gasteiger partial charge in [0.2, 0.25) is 0 Å². The van der Waals surface area contributed by atoms with E-state index in [0.29, 0.717) is 6.04 Å². The fourth-order valence-corrected chi connectivity index (χ4v) is 3.40. The van der Waals surface area contributed by atoms with Gasteiger partial charge in [-0.3, -0.25) is 4.90 Å². The van der Waals surface area contributed by atoms with Gasteiger partial charge in [-0.2, -0.15) is 0 Å². The van der Waals surface area contributed by atoms with Gasteiger partial charge >= 0.3 is 0 Å². The van der Waals surface area contributed by atoms with Gasteiger partial charge in [-0.1, -0.05) is 6.07 Å². The minimum atomic E-state index is 0.616. The van der Waals surface area contributed by atoms with Crippen LogP contribution in [0, 0.1) is 0 Å². The van der Waals surface area contributed by atoms with Crippen molar-refractivity contribution < 1.29 is 9.22 Å². The Morgan fingerprint density at radius 2 is 1.95 bits per heavy atom. The van der Waals surface area contributed by atoms with Gasteiger partial charge in [0.25, 0.3) is 0 Å². The number of methoxy groups -OCH3 is 1. The van der Waals surface area contributed by atoms with Gasteiger partial charge in [0.15, 0.2) is 0 Å². The van der Waals surface area contributed by atoms with E-state index in [2.05, 4.69) is 37.2 Å². The molecule has 1 aromatic rings. The summed E-state index contributed by atoms with van der Waals surface area (Å²) in [5, 5.41) is 0. The molecule has 3 heteroatoms. The number of aryl methyl sites for hydroxylation is 1. The van der Waals surface area contributed by atoms with Crippen LogP contribution in [0.4, 0.5) is 0 Å². The fraction of sp³-hybridized carbons (Fsp3) is 0.625. The number of benzene rings is 1. The van der Waals surface area contributed by atoms with Crippen LogP contribution in [-0.4, -0.2) is 56.8 Å². The number of likely N-dealkylation sites (N-methyl/N-ethyl adjacent to an activating group) is 1. The van der Waals surface area contributed by atoms with Crippen LogP contribution >= 0.6 is 0 Å². The molecule has 1 aliphatic carbocycles. The van der Waals surface area contributed by atoms with Crippen molar-refractivity contribution in [3.63, 3.8) is 0 Å². The molecule has 2 aliphatic rings. The van der Waals surface area contributed by atoms with Crippen molar-refractivity contribution in [2.75, 3.05) is 47.4 Å². The molecule has 0 spiro atoms. The van der Waals surface area contributed by atoms with E-state index in [1.54, 1.807) is 7.11 Å². The van der Waals surface area contributed by atoms with Crippen LogP contribution in [-0.2, 0) is 6.42 Å². The molecule has 1 aromatic carbocycles. The molecule has 1 saturated heterocycles. The molecule has 104 valence electrons. The summed E-state index contributed by atoms with van der Waals surface area (Å²) in [5.41, 5.74) is 3.02. The van der Waals surface area contributed by atoms with E-state index in [0.717, 1.165) is 10.2 Å². The van der Waals surface area contributed by atoms with Gasteiger partial charge < -0.3 is 9.22 Å². The van der Waals surface area contributed by atoms with E-state index in [1.165, 1.54) is 50.1 Å². The lowest BCUT2D eigenvalue weighted by Gasteiger charge is -2.41. The van der Waals surface area contributed by atoms with Crippen LogP contribution in [0.15, 0.2) is 18.2 Å². The van der Waals surface area contributed by atoms with Gasteiger partial charge in [0, 0.05) is 19.1 Å². The van der Waals surface area contributed by atoms with Gasteiger partial charge in [0.1, 0.15) is 5.75 Å². The molecule has 1 aliphatic heterocycles. The number of piperazine rings is 1. The molecule has 0 radical (unpaired) electrons. The van der Waals surface area contributed by atoms with Gasteiger partial charge in [-0.25, -0.2) is 0 Å². The number of fused-ring (bicyclic) bond motifs is 1. The van der Waals surface area contributed by atoms with E-state index in [-0.39, 0.29) is 0 Å². The number of quaternary nitrogens is 1. The van der Waals surface area contributed by atoms with Crippen molar-refractivity contribution in [1.82, 2.24) is 4.90 Å². The SMILES string of the molecule is COc1ccc2c(c1)C(N1CC[N+](C)(C)CC1)CC2. The zero-order valence-electron chi connectivity index (χ0n) is 12.4. The smallest absolute Gasteiger partial charge is 0.119 e. The Labute approximate surface area is 116 Å². The first-order chi connectivity index (χ1) is 9.09. The maximum Gasteiger partial charge on any atom is 0.119 e. The third-order valence-electron chi connectivity index (χ3n) is 4.83. The number of rotatable bonds is 2. The summed E-state index contributed by atoms with van der Waals surface area (Å²) in [4.78, 5) is 2.68. The molecular weight excluding hydrogens is 236 g/mol. The molecule has 19 heavy (non-hydrogen) atoms. The molecule has 0 aromatic heterocycles. The summed E-state index contributed by atoms with van der Waals surface area (Å²) in [7, 11) is 6.43. The van der Waals surface area contributed by atoms with Gasteiger partial charge in [0.05, 0.1) is 34.3 Å². The predicted molar refractivity (Wildman–Crippen MR) is 77.5 cm³/mol. The molecule has 0 N–H and O–H groups in total. The largest absolute Gasteiger partial charge is 0.497 e. The summed E-state index contributed by atoms with van der Waals surface area (Å²) < 4.78 is 6.55. The summed E-state index contributed by atoms with van der Waals surface area (Å²) in [5.74, 6) is 0.999. The summed E-state index contributed by atoms with van der Waals surface area (Å²) in [6.07, 6.45) is 2.49. The fourth-order valence-electron chi connectivity index (χ4n) is 3.40. The van der Waals surface area contributed by atoms with Crippen LogP contribution in [0.1, 0.15) is 23.6 Å². The number of hydrogen-bond donors (Lipinski definition) is 0. The van der Waals surface area contributed by atoms with Gasteiger partial charge in [-0.15, -0.1) is 0 Å². The molecule has 0 bridgehead atoms. The van der Waals surface area contributed by atoms with Crippen molar-refractivity contribution in [2.24, 2.45) is 0 Å². The minimum absolute atomic E-state index is 0.616. The van der Waals surface area contributed by atoms with Crippen LogP contribution in [0.5, 0.6) is 5.75 Å². The zero-order chi connectivity index (χ0) is 13.5. The average Bonchev–Trinajstić information content (AvgIpc) is 2.81. The third kappa shape index (κ3) is 2.49. The predicted octanol–water partition coefficient (Wildman–Crippen LogP) is 2.07. The normalized spacial score (nSPS) is 26.2. The standard InChI is InChI=1S/C16H25N2O/c1-18(2)10-8-17(9-11-18)16-7-5-13-4-6-14(19-3)12-15(13)16/h4,6,12,16H,5,7-11H2,1-3H3/q+1. The maximum absolute atomic E-state index is 5.39. The Balaban J connectivity index is 1.79. The lowest BCUT2D eigenvalue weighted by molar-refractivity contribution is -0.894. The minimum Gasteiger partial charge on any atom is -0.497 e. The van der Waals surface area contributed by atoms with Crippen molar-refractivity contribution in [3.05, 3.63) is 29.3 Å².